The lowest BCUT2D eigenvalue weighted by atomic mass is 10.1. The molecule has 0 aliphatic carbocycles. The van der Waals surface area contributed by atoms with Gasteiger partial charge in [0.25, 0.3) is 10.0 Å². The minimum atomic E-state index is -4.03. The lowest BCUT2D eigenvalue weighted by molar-refractivity contribution is -0.0259. The van der Waals surface area contributed by atoms with Gasteiger partial charge >= 0.3 is 5.97 Å². The molecule has 0 aliphatic heterocycles. The molecule has 0 amide bonds. The Morgan fingerprint density at radius 3 is 2.52 bits per heavy atom. The molecule has 0 atom stereocenters. The van der Waals surface area contributed by atoms with Gasteiger partial charge in [0.1, 0.15) is 17.3 Å². The fourth-order valence-corrected chi connectivity index (χ4v) is 3.38. The van der Waals surface area contributed by atoms with Crippen molar-refractivity contribution >= 4 is 16.0 Å². The first kappa shape index (κ1) is 20.4. The molecule has 0 heterocycles. The number of carbonyl (C=O) groups excluding carboxylic acids is 1. The second kappa shape index (κ2) is 8.64. The van der Waals surface area contributed by atoms with Crippen LogP contribution in [0.4, 0.5) is 0 Å². The van der Waals surface area contributed by atoms with Crippen molar-refractivity contribution in [3.63, 3.8) is 0 Å². The zero-order valence-corrected chi connectivity index (χ0v) is 15.8. The zero-order valence-electron chi connectivity index (χ0n) is 15.0. The van der Waals surface area contributed by atoms with Gasteiger partial charge in [-0.25, -0.2) is 13.2 Å². The minimum Gasteiger partial charge on any atom is -0.495 e. The Hall–Kier alpha value is -2.93. The van der Waals surface area contributed by atoms with Gasteiger partial charge in [0, 0.05) is 12.6 Å². The molecule has 2 aromatic carbocycles. The van der Waals surface area contributed by atoms with Crippen molar-refractivity contribution in [1.29, 1.82) is 5.26 Å². The number of esters is 1. The van der Waals surface area contributed by atoms with E-state index in [0.29, 0.717) is 15.6 Å². The van der Waals surface area contributed by atoms with Crippen LogP contribution >= 0.6 is 0 Å². The van der Waals surface area contributed by atoms with Crippen molar-refractivity contribution in [2.45, 2.75) is 11.5 Å². The molecule has 2 aromatic rings. The van der Waals surface area contributed by atoms with Crippen molar-refractivity contribution in [2.24, 2.45) is 0 Å². The third-order valence-electron chi connectivity index (χ3n) is 3.77. The van der Waals surface area contributed by atoms with Gasteiger partial charge < -0.3 is 9.47 Å². The van der Waals surface area contributed by atoms with Crippen molar-refractivity contribution in [3.05, 3.63) is 59.2 Å². The van der Waals surface area contributed by atoms with Crippen LogP contribution in [0.3, 0.4) is 0 Å². The van der Waals surface area contributed by atoms with Crippen molar-refractivity contribution < 1.29 is 27.5 Å². The average molecular weight is 390 g/mol. The van der Waals surface area contributed by atoms with Gasteiger partial charge in [-0.1, -0.05) is 22.7 Å². The summed E-state index contributed by atoms with van der Waals surface area (Å²) in [5, 5.41) is 9.07. The third-order valence-corrected chi connectivity index (χ3v) is 5.47. The summed E-state index contributed by atoms with van der Waals surface area (Å²) in [7, 11) is -0.289. The summed E-state index contributed by atoms with van der Waals surface area (Å²) in [4.78, 5) is 16.9. The fourth-order valence-electron chi connectivity index (χ4n) is 2.22. The number of nitrogens with zero attached hydrogens (tertiary/aromatic N) is 2. The molecule has 0 aliphatic rings. The maximum atomic E-state index is 12.5. The maximum absolute atomic E-state index is 12.5. The summed E-state index contributed by atoms with van der Waals surface area (Å²) in [6.45, 7) is -0.116. The summed E-state index contributed by atoms with van der Waals surface area (Å²) in [5.74, 6) is -0.674. The highest BCUT2D eigenvalue weighted by Gasteiger charge is 2.26. The summed E-state index contributed by atoms with van der Waals surface area (Å²) in [5.41, 5.74) is 0.965. The number of methoxy groups -OCH3 is 1. The third kappa shape index (κ3) is 4.43. The van der Waals surface area contributed by atoms with Crippen LogP contribution in [0.1, 0.15) is 21.5 Å². The molecule has 0 saturated carbocycles. The quantitative estimate of drug-likeness (QED) is 0.526. The molecular formula is C18H18N2O6S. The summed E-state index contributed by atoms with van der Waals surface area (Å²) in [6.07, 6.45) is 0. The number of ether oxygens (including phenoxy) is 2. The van der Waals surface area contributed by atoms with Crippen LogP contribution in [0, 0.1) is 11.3 Å². The number of hydrogen-bond donors (Lipinski definition) is 0. The first-order valence-electron chi connectivity index (χ1n) is 7.71. The first-order valence-corrected chi connectivity index (χ1v) is 9.15. The largest absolute Gasteiger partial charge is 0.495 e. The van der Waals surface area contributed by atoms with E-state index in [1.54, 1.807) is 24.3 Å². The Bertz CT molecular complexity index is 982. The second-order valence-corrected chi connectivity index (χ2v) is 7.21. The highest BCUT2D eigenvalue weighted by Crippen LogP contribution is 2.27. The van der Waals surface area contributed by atoms with E-state index in [1.807, 2.05) is 6.07 Å². The van der Waals surface area contributed by atoms with Gasteiger partial charge in [-0.05, 0) is 24.3 Å². The molecule has 142 valence electrons. The van der Waals surface area contributed by atoms with E-state index in [4.69, 9.17) is 19.6 Å². The number of benzene rings is 2. The Labute approximate surface area is 157 Å². The summed E-state index contributed by atoms with van der Waals surface area (Å²) >= 11 is 0. The Morgan fingerprint density at radius 2 is 1.89 bits per heavy atom. The average Bonchev–Trinajstić information content (AvgIpc) is 2.70. The molecule has 27 heavy (non-hydrogen) atoms. The summed E-state index contributed by atoms with van der Waals surface area (Å²) in [6, 6.07) is 12.6. The lowest BCUT2D eigenvalue weighted by Gasteiger charge is -2.17. The number of hydroxylamine groups is 1. The predicted molar refractivity (Wildman–Crippen MR) is 95.2 cm³/mol. The highest BCUT2D eigenvalue weighted by molar-refractivity contribution is 7.89. The van der Waals surface area contributed by atoms with E-state index in [-0.39, 0.29) is 22.8 Å². The molecule has 0 unspecified atom stereocenters. The molecule has 8 nitrogen and oxygen atoms in total. The van der Waals surface area contributed by atoms with Gasteiger partial charge in [-0.3, -0.25) is 4.84 Å². The van der Waals surface area contributed by atoms with Crippen molar-refractivity contribution in [1.82, 2.24) is 4.47 Å². The molecule has 0 radical (unpaired) electrons. The molecule has 0 bridgehead atoms. The molecule has 9 heteroatoms. The van der Waals surface area contributed by atoms with Crippen molar-refractivity contribution in [3.8, 4) is 11.8 Å². The van der Waals surface area contributed by atoms with E-state index in [1.165, 1.54) is 33.4 Å². The number of nitriles is 1. The Balaban J connectivity index is 2.30. The molecule has 0 fully saturated rings. The minimum absolute atomic E-state index is 0.0216. The number of sulfonamides is 1. The van der Waals surface area contributed by atoms with E-state index >= 15 is 0 Å². The molecule has 0 spiro atoms. The van der Waals surface area contributed by atoms with Crippen LogP contribution in [-0.4, -0.2) is 40.1 Å². The van der Waals surface area contributed by atoms with E-state index < -0.39 is 16.0 Å². The standard InChI is InChI=1S/C18H18N2O6S/c1-20(25-3)27(22,23)17-10-13(8-9-16(17)24-2)18(21)26-12-15-7-5-4-6-14(15)11-19/h4-10H,12H2,1-3H3. The Morgan fingerprint density at radius 1 is 1.19 bits per heavy atom. The van der Waals surface area contributed by atoms with Crippen LogP contribution in [0.25, 0.3) is 0 Å². The molecule has 0 N–H and O–H groups in total. The summed E-state index contributed by atoms with van der Waals surface area (Å²) < 4.78 is 36.0. The lowest BCUT2D eigenvalue weighted by Crippen LogP contribution is -2.26. The maximum Gasteiger partial charge on any atom is 0.338 e. The van der Waals surface area contributed by atoms with Gasteiger partial charge in [0.15, 0.2) is 0 Å². The zero-order chi connectivity index (χ0) is 20.0. The van der Waals surface area contributed by atoms with Gasteiger partial charge in [0.05, 0.1) is 31.4 Å². The van der Waals surface area contributed by atoms with E-state index in [0.717, 1.165) is 6.07 Å². The van der Waals surface area contributed by atoms with Crippen LogP contribution in [0.2, 0.25) is 0 Å². The molecule has 0 saturated heterocycles. The molecule has 0 aromatic heterocycles. The van der Waals surface area contributed by atoms with Crippen LogP contribution in [0.5, 0.6) is 5.75 Å². The van der Waals surface area contributed by atoms with Gasteiger partial charge in [-0.15, -0.1) is 0 Å². The number of carbonyl (C=O) groups is 1. The molecule has 2 rings (SSSR count). The molecular weight excluding hydrogens is 372 g/mol. The number of hydrogen-bond acceptors (Lipinski definition) is 7. The number of rotatable bonds is 7. The van der Waals surface area contributed by atoms with Crippen LogP contribution < -0.4 is 4.74 Å². The Kier molecular flexibility index (Phi) is 6.52. The van der Waals surface area contributed by atoms with E-state index in [9.17, 15) is 13.2 Å². The fraction of sp³-hybridized carbons (Fsp3) is 0.222. The normalized spacial score (nSPS) is 11.1. The van der Waals surface area contributed by atoms with Gasteiger partial charge in [0.2, 0.25) is 0 Å². The van der Waals surface area contributed by atoms with Crippen molar-refractivity contribution in [2.75, 3.05) is 21.3 Å². The topological polar surface area (TPSA) is 106 Å². The SMILES string of the molecule is COc1ccc(C(=O)OCc2ccccc2C#N)cc1S(=O)(=O)N(C)OC. The second-order valence-electron chi connectivity index (χ2n) is 5.31. The van der Waals surface area contributed by atoms with E-state index in [2.05, 4.69) is 0 Å². The predicted octanol–water partition coefficient (Wildman–Crippen LogP) is 2.11. The van der Waals surface area contributed by atoms with Gasteiger partial charge in [-0.2, -0.15) is 5.26 Å². The smallest absolute Gasteiger partial charge is 0.338 e. The van der Waals surface area contributed by atoms with Crippen LogP contribution in [0.15, 0.2) is 47.4 Å². The monoisotopic (exact) mass is 390 g/mol. The van der Waals surface area contributed by atoms with Crippen LogP contribution in [-0.2, 0) is 26.2 Å². The highest BCUT2D eigenvalue weighted by atomic mass is 32.2. The first-order chi connectivity index (χ1) is 12.8.